The average molecular weight is 322 g/mol. The summed E-state index contributed by atoms with van der Waals surface area (Å²) in [5.41, 5.74) is 0. The standard InChI is InChI=1S/C8H11ClF3N3O3S/c1-2-15-6(3-4-18-5-8(10,11)12)13-14-7(15)19(9,16)17/h2-5H2,1H3. The summed E-state index contributed by atoms with van der Waals surface area (Å²) < 4.78 is 63.4. The predicted molar refractivity (Wildman–Crippen MR) is 59.3 cm³/mol. The van der Waals surface area contributed by atoms with Crippen molar-refractivity contribution in [2.24, 2.45) is 0 Å². The van der Waals surface area contributed by atoms with Gasteiger partial charge in [0.1, 0.15) is 12.4 Å². The fourth-order valence-electron chi connectivity index (χ4n) is 1.35. The molecule has 0 atom stereocenters. The van der Waals surface area contributed by atoms with E-state index in [2.05, 4.69) is 14.9 Å². The van der Waals surface area contributed by atoms with Crippen molar-refractivity contribution in [1.29, 1.82) is 0 Å². The molecule has 0 aliphatic heterocycles. The minimum Gasteiger partial charge on any atom is -0.372 e. The van der Waals surface area contributed by atoms with Gasteiger partial charge in [0, 0.05) is 23.6 Å². The second-order valence-corrected chi connectivity index (χ2v) is 5.96. The van der Waals surface area contributed by atoms with E-state index < -0.39 is 27.0 Å². The summed E-state index contributed by atoms with van der Waals surface area (Å²) in [4.78, 5) is 0. The van der Waals surface area contributed by atoms with Gasteiger partial charge in [-0.1, -0.05) is 0 Å². The molecule has 1 heterocycles. The summed E-state index contributed by atoms with van der Waals surface area (Å²) in [7, 11) is 1.11. The Balaban J connectivity index is 2.68. The Morgan fingerprint density at radius 2 is 2.00 bits per heavy atom. The predicted octanol–water partition coefficient (Wildman–Crippen LogP) is 1.35. The van der Waals surface area contributed by atoms with E-state index in [1.54, 1.807) is 6.92 Å². The molecule has 0 radical (unpaired) electrons. The number of rotatable bonds is 6. The lowest BCUT2D eigenvalue weighted by atomic mass is 10.4. The molecular formula is C8H11ClF3N3O3S. The van der Waals surface area contributed by atoms with E-state index in [0.717, 1.165) is 0 Å². The molecule has 6 nitrogen and oxygen atoms in total. The van der Waals surface area contributed by atoms with Crippen molar-refractivity contribution >= 4 is 19.7 Å². The van der Waals surface area contributed by atoms with Gasteiger partial charge >= 0.3 is 6.18 Å². The highest BCUT2D eigenvalue weighted by atomic mass is 35.7. The molecule has 11 heteroatoms. The molecule has 110 valence electrons. The maximum atomic E-state index is 11.8. The molecule has 0 bridgehead atoms. The molecule has 0 aromatic carbocycles. The number of ether oxygens (including phenoxy) is 1. The minimum absolute atomic E-state index is 0.00330. The normalized spacial score (nSPS) is 12.9. The van der Waals surface area contributed by atoms with Crippen molar-refractivity contribution in [3.05, 3.63) is 5.82 Å². The van der Waals surface area contributed by atoms with Crippen LogP contribution in [-0.2, 0) is 26.8 Å². The van der Waals surface area contributed by atoms with Crippen LogP contribution in [0.1, 0.15) is 12.7 Å². The fraction of sp³-hybridized carbons (Fsp3) is 0.750. The highest BCUT2D eigenvalue weighted by Crippen LogP contribution is 2.16. The highest BCUT2D eigenvalue weighted by molar-refractivity contribution is 8.13. The molecule has 1 rings (SSSR count). The van der Waals surface area contributed by atoms with E-state index in [1.165, 1.54) is 4.57 Å². The van der Waals surface area contributed by atoms with Crippen molar-refractivity contribution in [2.75, 3.05) is 13.2 Å². The van der Waals surface area contributed by atoms with Crippen LogP contribution in [0, 0.1) is 0 Å². The van der Waals surface area contributed by atoms with Crippen molar-refractivity contribution < 1.29 is 26.3 Å². The third-order valence-electron chi connectivity index (χ3n) is 2.06. The first kappa shape index (κ1) is 16.2. The Morgan fingerprint density at radius 1 is 1.37 bits per heavy atom. The number of hydrogen-bond acceptors (Lipinski definition) is 5. The van der Waals surface area contributed by atoms with Crippen LogP contribution in [0.25, 0.3) is 0 Å². The number of hydrogen-bond donors (Lipinski definition) is 0. The van der Waals surface area contributed by atoms with Crippen LogP contribution in [0.3, 0.4) is 0 Å². The zero-order chi connectivity index (χ0) is 14.7. The topological polar surface area (TPSA) is 74.1 Å². The van der Waals surface area contributed by atoms with Gasteiger partial charge in [-0.25, -0.2) is 8.42 Å². The summed E-state index contributed by atoms with van der Waals surface area (Å²) in [6.45, 7) is 0.242. The third kappa shape index (κ3) is 4.96. The maximum Gasteiger partial charge on any atom is 0.411 e. The van der Waals surface area contributed by atoms with Crippen LogP contribution in [0.15, 0.2) is 5.16 Å². The first-order chi connectivity index (χ1) is 8.65. The molecular weight excluding hydrogens is 311 g/mol. The van der Waals surface area contributed by atoms with Crippen LogP contribution in [0.4, 0.5) is 13.2 Å². The van der Waals surface area contributed by atoms with Gasteiger partial charge in [-0.15, -0.1) is 10.2 Å². The molecule has 0 unspecified atom stereocenters. The van der Waals surface area contributed by atoms with Crippen LogP contribution in [0.5, 0.6) is 0 Å². The smallest absolute Gasteiger partial charge is 0.372 e. The van der Waals surface area contributed by atoms with Crippen LogP contribution < -0.4 is 0 Å². The van der Waals surface area contributed by atoms with Gasteiger partial charge in [0.15, 0.2) is 0 Å². The average Bonchev–Trinajstić information content (AvgIpc) is 2.65. The zero-order valence-corrected chi connectivity index (χ0v) is 11.4. The Hall–Kier alpha value is -0.870. The molecule has 0 saturated carbocycles. The third-order valence-corrected chi connectivity index (χ3v) is 3.22. The summed E-state index contributed by atoms with van der Waals surface area (Å²) in [6, 6.07) is 0. The molecule has 1 aromatic heterocycles. The van der Waals surface area contributed by atoms with Gasteiger partial charge in [-0.2, -0.15) is 13.2 Å². The SMILES string of the molecule is CCn1c(CCOCC(F)(F)F)nnc1S(=O)(=O)Cl. The summed E-state index contributed by atoms with van der Waals surface area (Å²) >= 11 is 0. The molecule has 19 heavy (non-hydrogen) atoms. The first-order valence-corrected chi connectivity index (χ1v) is 7.47. The summed E-state index contributed by atoms with van der Waals surface area (Å²) in [6.07, 6.45) is -4.40. The first-order valence-electron chi connectivity index (χ1n) is 5.16. The van der Waals surface area contributed by atoms with E-state index in [1.807, 2.05) is 0 Å². The van der Waals surface area contributed by atoms with E-state index in [4.69, 9.17) is 10.7 Å². The molecule has 0 aliphatic carbocycles. The molecule has 1 aromatic rings. The number of halogens is 4. The summed E-state index contributed by atoms with van der Waals surface area (Å²) in [5, 5.41) is 6.55. The van der Waals surface area contributed by atoms with Gasteiger partial charge < -0.3 is 9.30 Å². The number of nitrogens with zero attached hydrogens (tertiary/aromatic N) is 3. The monoisotopic (exact) mass is 321 g/mol. The highest BCUT2D eigenvalue weighted by Gasteiger charge is 2.27. The van der Waals surface area contributed by atoms with Gasteiger partial charge in [0.05, 0.1) is 6.61 Å². The Kier molecular flexibility index (Phi) is 5.16. The molecule has 0 saturated heterocycles. The van der Waals surface area contributed by atoms with Gasteiger partial charge in [-0.05, 0) is 6.92 Å². The molecule has 0 amide bonds. The van der Waals surface area contributed by atoms with Crippen molar-refractivity contribution in [1.82, 2.24) is 14.8 Å². The van der Waals surface area contributed by atoms with Crippen LogP contribution >= 0.6 is 10.7 Å². The largest absolute Gasteiger partial charge is 0.411 e. The van der Waals surface area contributed by atoms with Gasteiger partial charge in [0.2, 0.25) is 0 Å². The van der Waals surface area contributed by atoms with Crippen LogP contribution in [0.2, 0.25) is 0 Å². The molecule has 0 aliphatic rings. The lowest BCUT2D eigenvalue weighted by molar-refractivity contribution is -0.173. The van der Waals surface area contributed by atoms with E-state index in [0.29, 0.717) is 0 Å². The Labute approximate surface area is 111 Å². The van der Waals surface area contributed by atoms with Crippen molar-refractivity contribution in [3.8, 4) is 0 Å². The van der Waals surface area contributed by atoms with Crippen LogP contribution in [-0.4, -0.2) is 42.6 Å². The Morgan fingerprint density at radius 3 is 2.47 bits per heavy atom. The zero-order valence-electron chi connectivity index (χ0n) is 9.81. The quantitative estimate of drug-likeness (QED) is 0.584. The minimum atomic E-state index is -4.40. The number of aromatic nitrogens is 3. The second-order valence-electron chi connectivity index (χ2n) is 3.50. The maximum absolute atomic E-state index is 11.8. The van der Waals surface area contributed by atoms with E-state index >= 15 is 0 Å². The van der Waals surface area contributed by atoms with Gasteiger partial charge in [-0.3, -0.25) is 0 Å². The van der Waals surface area contributed by atoms with E-state index in [-0.39, 0.29) is 25.4 Å². The van der Waals surface area contributed by atoms with Gasteiger partial charge in [0.25, 0.3) is 14.2 Å². The van der Waals surface area contributed by atoms with E-state index in [9.17, 15) is 21.6 Å². The Bertz CT molecular complexity index is 529. The lowest BCUT2D eigenvalue weighted by Gasteiger charge is -2.08. The lowest BCUT2D eigenvalue weighted by Crippen LogP contribution is -2.18. The molecule has 0 spiro atoms. The number of alkyl halides is 3. The molecule has 0 fully saturated rings. The fourth-order valence-corrected chi connectivity index (χ4v) is 2.33. The second kappa shape index (κ2) is 6.06. The molecule has 0 N–H and O–H groups in total. The van der Waals surface area contributed by atoms with Crippen molar-refractivity contribution in [2.45, 2.75) is 31.2 Å². The van der Waals surface area contributed by atoms with Crippen molar-refractivity contribution in [3.63, 3.8) is 0 Å². The summed E-state index contributed by atoms with van der Waals surface area (Å²) in [5.74, 6) is 0.198.